The van der Waals surface area contributed by atoms with Crippen LogP contribution >= 0.6 is 0 Å². The third kappa shape index (κ3) is 3.17. The average Bonchev–Trinajstić information content (AvgIpc) is 3.34. The van der Waals surface area contributed by atoms with E-state index in [1.807, 2.05) is 25.1 Å². The maximum atomic E-state index is 14.3. The Morgan fingerprint density at radius 1 is 0.725 bits per heavy atom. The van der Waals surface area contributed by atoms with Gasteiger partial charge in [0, 0.05) is 11.5 Å². The fourth-order valence-corrected chi connectivity index (χ4v) is 7.75. The van der Waals surface area contributed by atoms with Crippen molar-refractivity contribution in [3.63, 3.8) is 0 Å². The number of carbonyl (C=O) groups excluding carboxylic acids is 4. The molecule has 2 aliphatic carbocycles. The van der Waals surface area contributed by atoms with Crippen molar-refractivity contribution >= 4 is 35.0 Å². The van der Waals surface area contributed by atoms with Crippen molar-refractivity contribution in [2.45, 2.75) is 25.7 Å². The molecular formula is C33H28N2O5. The quantitative estimate of drug-likeness (QED) is 0.385. The number of hydrogen-bond acceptors (Lipinski definition) is 5. The predicted molar refractivity (Wildman–Crippen MR) is 148 cm³/mol. The lowest BCUT2D eigenvalue weighted by atomic mass is 9.51. The Hall–Kier alpha value is -4.52. The minimum absolute atomic E-state index is 0.0364. The molecule has 3 fully saturated rings. The zero-order valence-corrected chi connectivity index (χ0v) is 21.9. The Labute approximate surface area is 231 Å². The summed E-state index contributed by atoms with van der Waals surface area (Å²) in [5.74, 6) is -4.03. The van der Waals surface area contributed by atoms with Gasteiger partial charge in [0.1, 0.15) is 5.75 Å². The molecule has 3 aromatic carbocycles. The molecule has 7 rings (SSSR count). The van der Waals surface area contributed by atoms with Crippen molar-refractivity contribution < 1.29 is 24.3 Å². The van der Waals surface area contributed by atoms with Gasteiger partial charge in [0.25, 0.3) is 0 Å². The van der Waals surface area contributed by atoms with Crippen molar-refractivity contribution in [1.82, 2.24) is 0 Å². The first kappa shape index (κ1) is 24.5. The molecule has 2 saturated heterocycles. The molecular weight excluding hydrogens is 504 g/mol. The highest BCUT2D eigenvalue weighted by Gasteiger charge is 2.67. The van der Waals surface area contributed by atoms with Gasteiger partial charge >= 0.3 is 0 Å². The number of amides is 4. The lowest BCUT2D eigenvalue weighted by Gasteiger charge is -2.49. The van der Waals surface area contributed by atoms with Crippen LogP contribution < -0.4 is 9.80 Å². The highest BCUT2D eigenvalue weighted by Crippen LogP contribution is 2.64. The van der Waals surface area contributed by atoms with Crippen LogP contribution in [0.3, 0.4) is 0 Å². The summed E-state index contributed by atoms with van der Waals surface area (Å²) in [5, 5.41) is 11.0. The lowest BCUT2D eigenvalue weighted by molar-refractivity contribution is -0.131. The fraction of sp³-hybridized carbons (Fsp3) is 0.273. The van der Waals surface area contributed by atoms with Gasteiger partial charge in [-0.3, -0.25) is 24.1 Å². The zero-order valence-electron chi connectivity index (χ0n) is 21.9. The number of fused-ring (bicyclic) bond motifs is 4. The average molecular weight is 533 g/mol. The Morgan fingerprint density at radius 2 is 1.32 bits per heavy atom. The molecule has 0 spiro atoms. The Balaban J connectivity index is 1.38. The van der Waals surface area contributed by atoms with Crippen LogP contribution in [-0.4, -0.2) is 28.7 Å². The molecule has 0 radical (unpaired) electrons. The summed E-state index contributed by atoms with van der Waals surface area (Å²) in [7, 11) is 0. The van der Waals surface area contributed by atoms with Crippen molar-refractivity contribution in [3.8, 4) is 5.75 Å². The molecule has 6 atom stereocenters. The van der Waals surface area contributed by atoms with Gasteiger partial charge in [-0.2, -0.15) is 0 Å². The molecule has 200 valence electrons. The smallest absolute Gasteiger partial charge is 0.241 e. The molecule has 0 bridgehead atoms. The molecule has 40 heavy (non-hydrogen) atoms. The van der Waals surface area contributed by atoms with E-state index >= 15 is 0 Å². The molecule has 1 saturated carbocycles. The molecule has 0 unspecified atom stereocenters. The molecule has 2 aliphatic heterocycles. The number of nitrogens with zero attached hydrogens (tertiary/aromatic N) is 2. The van der Waals surface area contributed by atoms with Gasteiger partial charge in [0.15, 0.2) is 0 Å². The Kier molecular flexibility index (Phi) is 5.36. The summed E-state index contributed by atoms with van der Waals surface area (Å²) in [5.41, 5.74) is 1.27. The van der Waals surface area contributed by atoms with E-state index in [4.69, 9.17) is 0 Å². The van der Waals surface area contributed by atoms with Gasteiger partial charge in [0.2, 0.25) is 23.6 Å². The highest BCUT2D eigenvalue weighted by molar-refractivity contribution is 6.25. The maximum absolute atomic E-state index is 14.3. The van der Waals surface area contributed by atoms with Crippen LogP contribution in [0.2, 0.25) is 0 Å². The monoisotopic (exact) mass is 532 g/mol. The number of phenolic OH excluding ortho intramolecular Hbond substituents is 1. The number of anilines is 2. The van der Waals surface area contributed by atoms with Crippen LogP contribution in [0.1, 0.15) is 31.2 Å². The SMILES string of the molecule is C[C@@]12C(=O)N(c3ccccc3)C(=O)[C@@H]1C[C@@H]1C(=CC[C@@H]3C(=O)N(c4ccccc4)C(=O)[C@@H]31)[C@@H]2c1ccccc1O. The van der Waals surface area contributed by atoms with Crippen molar-refractivity contribution in [1.29, 1.82) is 0 Å². The largest absolute Gasteiger partial charge is 0.508 e. The second-order valence-electron chi connectivity index (χ2n) is 11.4. The fourth-order valence-electron chi connectivity index (χ4n) is 7.75. The van der Waals surface area contributed by atoms with Gasteiger partial charge in [-0.25, -0.2) is 4.90 Å². The van der Waals surface area contributed by atoms with E-state index in [1.54, 1.807) is 72.8 Å². The van der Waals surface area contributed by atoms with Gasteiger partial charge < -0.3 is 5.11 Å². The van der Waals surface area contributed by atoms with Crippen molar-refractivity contribution in [2.75, 3.05) is 9.80 Å². The highest BCUT2D eigenvalue weighted by atomic mass is 16.3. The van der Waals surface area contributed by atoms with E-state index in [2.05, 4.69) is 0 Å². The first-order valence-corrected chi connectivity index (χ1v) is 13.7. The van der Waals surface area contributed by atoms with Crippen LogP contribution in [0.15, 0.2) is 96.6 Å². The van der Waals surface area contributed by atoms with Crippen LogP contribution in [-0.2, 0) is 19.2 Å². The summed E-state index contributed by atoms with van der Waals surface area (Å²) in [6.45, 7) is 1.82. The van der Waals surface area contributed by atoms with Crippen molar-refractivity contribution in [2.24, 2.45) is 29.1 Å². The van der Waals surface area contributed by atoms with Gasteiger partial charge in [0.05, 0.1) is 34.5 Å². The van der Waals surface area contributed by atoms with Crippen LogP contribution in [0.5, 0.6) is 5.75 Å². The number of imide groups is 2. The number of para-hydroxylation sites is 3. The number of rotatable bonds is 3. The summed E-state index contributed by atoms with van der Waals surface area (Å²) in [6.07, 6.45) is 2.63. The molecule has 7 nitrogen and oxygen atoms in total. The number of allylic oxidation sites excluding steroid dienone is 2. The van der Waals surface area contributed by atoms with Gasteiger partial charge in [-0.1, -0.05) is 66.2 Å². The molecule has 0 aromatic heterocycles. The molecule has 2 heterocycles. The predicted octanol–water partition coefficient (Wildman–Crippen LogP) is 4.83. The van der Waals surface area contributed by atoms with E-state index in [-0.39, 0.29) is 35.8 Å². The van der Waals surface area contributed by atoms with E-state index in [0.29, 0.717) is 23.4 Å². The number of carbonyl (C=O) groups is 4. The molecule has 4 amide bonds. The normalized spacial score (nSPS) is 31.1. The second kappa shape index (κ2) is 8.74. The minimum atomic E-state index is -1.17. The number of phenols is 1. The second-order valence-corrected chi connectivity index (χ2v) is 11.4. The maximum Gasteiger partial charge on any atom is 0.241 e. The standard InChI is InChI=1S/C33H28N2O5/c1-33-25(30(38)35(32(33)40)20-12-6-3-7-13-20)18-24-21(28(33)22-14-8-9-15-26(22)36)16-17-23-27(24)31(39)34(29(23)37)19-10-4-2-5-11-19/h2-16,23-25,27-28,36H,17-18H2,1H3/t23-,24+,25-,27-,28+,33+/m0/s1. The summed E-state index contributed by atoms with van der Waals surface area (Å²) < 4.78 is 0. The molecule has 7 heteroatoms. The number of benzene rings is 3. The van der Waals surface area contributed by atoms with Crippen LogP contribution in [0.4, 0.5) is 11.4 Å². The third-order valence-corrected chi connectivity index (χ3v) is 9.55. The zero-order chi connectivity index (χ0) is 27.8. The lowest BCUT2D eigenvalue weighted by Crippen LogP contribution is -2.48. The van der Waals surface area contributed by atoms with E-state index in [9.17, 15) is 24.3 Å². The van der Waals surface area contributed by atoms with E-state index < -0.39 is 35.0 Å². The first-order valence-electron chi connectivity index (χ1n) is 13.7. The van der Waals surface area contributed by atoms with Crippen LogP contribution in [0, 0.1) is 29.1 Å². The topological polar surface area (TPSA) is 95.0 Å². The summed E-state index contributed by atoms with van der Waals surface area (Å²) in [6, 6.07) is 24.7. The van der Waals surface area contributed by atoms with Crippen molar-refractivity contribution in [3.05, 3.63) is 102 Å². The van der Waals surface area contributed by atoms with Gasteiger partial charge in [-0.15, -0.1) is 0 Å². The number of aromatic hydroxyl groups is 1. The summed E-state index contributed by atoms with van der Waals surface area (Å²) >= 11 is 0. The van der Waals surface area contributed by atoms with E-state index in [0.717, 1.165) is 5.57 Å². The summed E-state index contributed by atoms with van der Waals surface area (Å²) in [4.78, 5) is 58.5. The molecule has 1 N–H and O–H groups in total. The van der Waals surface area contributed by atoms with Crippen LogP contribution in [0.25, 0.3) is 0 Å². The number of hydrogen-bond donors (Lipinski definition) is 1. The third-order valence-electron chi connectivity index (χ3n) is 9.55. The Bertz CT molecular complexity index is 1600. The Morgan fingerprint density at radius 3 is 1.98 bits per heavy atom. The van der Waals surface area contributed by atoms with Gasteiger partial charge in [-0.05, 0) is 56.0 Å². The van der Waals surface area contributed by atoms with E-state index in [1.165, 1.54) is 9.80 Å². The minimum Gasteiger partial charge on any atom is -0.508 e. The first-order chi connectivity index (χ1) is 19.3. The molecule has 3 aromatic rings. The molecule has 4 aliphatic rings.